The molecule has 38 heavy (non-hydrogen) atoms. The lowest BCUT2D eigenvalue weighted by molar-refractivity contribution is -0.179. The minimum Gasteiger partial charge on any atom is -0.356 e. The number of carbonyl (C=O) groups is 3. The Morgan fingerprint density at radius 1 is 1.21 bits per heavy atom. The highest BCUT2D eigenvalue weighted by molar-refractivity contribution is 6.01. The summed E-state index contributed by atoms with van der Waals surface area (Å²) < 4.78 is 70.7. The van der Waals surface area contributed by atoms with Crippen LogP contribution in [0.2, 0.25) is 0 Å². The number of H-pyrrole nitrogens is 1. The van der Waals surface area contributed by atoms with Gasteiger partial charge in [0.1, 0.15) is 23.6 Å². The monoisotopic (exact) mass is 537 g/mol. The van der Waals surface area contributed by atoms with E-state index in [0.717, 1.165) is 17.0 Å². The average molecular weight is 537 g/mol. The lowest BCUT2D eigenvalue weighted by Gasteiger charge is -2.53. The van der Waals surface area contributed by atoms with Crippen LogP contribution in [0.5, 0.6) is 0 Å². The zero-order valence-corrected chi connectivity index (χ0v) is 19.9. The van der Waals surface area contributed by atoms with Crippen LogP contribution in [-0.4, -0.2) is 58.2 Å². The maximum Gasteiger partial charge on any atom is 0.271 e. The Hall–Kier alpha value is -3.69. The van der Waals surface area contributed by atoms with E-state index in [9.17, 15) is 41.6 Å². The Morgan fingerprint density at radius 3 is 2.61 bits per heavy atom. The molecule has 5 atom stereocenters. The number of benzene rings is 1. The third-order valence-electron chi connectivity index (χ3n) is 7.79. The van der Waals surface area contributed by atoms with E-state index >= 15 is 0 Å². The number of hydrogen-bond acceptors (Lipinski definition) is 4. The van der Waals surface area contributed by atoms with Gasteiger partial charge < -0.3 is 20.5 Å². The summed E-state index contributed by atoms with van der Waals surface area (Å²) in [5.41, 5.74) is -0.957. The highest BCUT2D eigenvalue weighted by Crippen LogP contribution is 2.49. The van der Waals surface area contributed by atoms with Gasteiger partial charge in [0.05, 0.1) is 12.0 Å². The molecule has 202 valence electrons. The maximum atomic E-state index is 14.9. The van der Waals surface area contributed by atoms with Gasteiger partial charge in [0.25, 0.3) is 18.3 Å². The van der Waals surface area contributed by atoms with Crippen molar-refractivity contribution in [3.8, 4) is 6.07 Å². The average Bonchev–Trinajstić information content (AvgIpc) is 3.47. The molecule has 0 spiro atoms. The van der Waals surface area contributed by atoms with Gasteiger partial charge in [-0.2, -0.15) is 5.26 Å². The standard InChI is InChI=1S/C25H24F5N5O3/c26-12-6-16(21(27)28)15-8-19(34-18(15)7-12)24(38)35-14-1-2-17(25(29,30)9-14)20(35)23(37)33-13(10-31)5-11-3-4-32-22(11)36/h6-8,11,13-14,17,20-21,34H,1-5,9H2,(H,32,36)(H,33,37)/t11-,13+,14+,17+,20-/m1/s1. The van der Waals surface area contributed by atoms with Gasteiger partial charge in [0.15, 0.2) is 0 Å². The molecule has 1 aromatic heterocycles. The highest BCUT2D eigenvalue weighted by atomic mass is 19.3. The molecule has 4 heterocycles. The Morgan fingerprint density at radius 2 is 1.97 bits per heavy atom. The van der Waals surface area contributed by atoms with Gasteiger partial charge in [-0.1, -0.05) is 0 Å². The summed E-state index contributed by atoms with van der Waals surface area (Å²) in [7, 11) is 0. The van der Waals surface area contributed by atoms with Crippen molar-refractivity contribution >= 4 is 28.6 Å². The summed E-state index contributed by atoms with van der Waals surface area (Å²) in [6.45, 7) is 0.429. The molecule has 1 saturated carbocycles. The normalized spacial score (nSPS) is 26.9. The largest absolute Gasteiger partial charge is 0.356 e. The molecular formula is C25H24F5N5O3. The van der Waals surface area contributed by atoms with Crippen molar-refractivity contribution in [1.82, 2.24) is 20.5 Å². The van der Waals surface area contributed by atoms with E-state index in [-0.39, 0.29) is 41.8 Å². The van der Waals surface area contributed by atoms with E-state index < -0.39 is 71.9 Å². The first-order valence-corrected chi connectivity index (χ1v) is 12.3. The van der Waals surface area contributed by atoms with E-state index in [4.69, 9.17) is 0 Å². The molecule has 1 aromatic carbocycles. The van der Waals surface area contributed by atoms with Crippen LogP contribution < -0.4 is 10.6 Å². The number of alkyl halides is 4. The fraction of sp³-hybridized carbons (Fsp3) is 0.520. The lowest BCUT2D eigenvalue weighted by Crippen LogP contribution is -2.68. The quantitative estimate of drug-likeness (QED) is 0.490. The van der Waals surface area contributed by atoms with E-state index in [0.29, 0.717) is 19.0 Å². The molecule has 13 heteroatoms. The summed E-state index contributed by atoms with van der Waals surface area (Å²) in [5, 5.41) is 14.5. The summed E-state index contributed by atoms with van der Waals surface area (Å²) in [5.74, 6) is -8.31. The van der Waals surface area contributed by atoms with Crippen LogP contribution in [-0.2, 0) is 9.59 Å². The highest BCUT2D eigenvalue weighted by Gasteiger charge is 2.60. The zero-order valence-electron chi connectivity index (χ0n) is 19.9. The number of nitrogens with one attached hydrogen (secondary N) is 3. The number of rotatable bonds is 6. The summed E-state index contributed by atoms with van der Waals surface area (Å²) in [4.78, 5) is 42.5. The Bertz CT molecular complexity index is 1340. The second-order valence-electron chi connectivity index (χ2n) is 10.1. The minimum absolute atomic E-state index is 0.0107. The smallest absolute Gasteiger partial charge is 0.271 e. The third kappa shape index (κ3) is 4.46. The maximum absolute atomic E-state index is 14.9. The second-order valence-corrected chi connectivity index (χ2v) is 10.1. The lowest BCUT2D eigenvalue weighted by atomic mass is 9.71. The third-order valence-corrected chi connectivity index (χ3v) is 7.79. The first kappa shape index (κ1) is 25.9. The predicted octanol–water partition coefficient (Wildman–Crippen LogP) is 3.41. The van der Waals surface area contributed by atoms with E-state index in [1.165, 1.54) is 0 Å². The fourth-order valence-corrected chi connectivity index (χ4v) is 6.02. The molecule has 4 aliphatic rings. The van der Waals surface area contributed by atoms with Crippen LogP contribution >= 0.6 is 0 Å². The van der Waals surface area contributed by atoms with Crippen LogP contribution in [0.3, 0.4) is 0 Å². The summed E-state index contributed by atoms with van der Waals surface area (Å²) >= 11 is 0. The Kier molecular flexibility index (Phi) is 6.53. The summed E-state index contributed by atoms with van der Waals surface area (Å²) in [6, 6.07) is 0.789. The van der Waals surface area contributed by atoms with Crippen LogP contribution in [0.1, 0.15) is 54.6 Å². The van der Waals surface area contributed by atoms with Gasteiger partial charge in [0, 0.05) is 41.4 Å². The van der Waals surface area contributed by atoms with Crippen molar-refractivity contribution in [3.05, 3.63) is 35.3 Å². The molecule has 0 radical (unpaired) electrons. The van der Waals surface area contributed by atoms with E-state index in [2.05, 4.69) is 15.6 Å². The van der Waals surface area contributed by atoms with E-state index in [1.54, 1.807) is 0 Å². The van der Waals surface area contributed by atoms with Crippen LogP contribution in [0.15, 0.2) is 18.2 Å². The molecule has 3 aliphatic heterocycles. The van der Waals surface area contributed by atoms with Gasteiger partial charge in [-0.05, 0) is 43.9 Å². The van der Waals surface area contributed by atoms with Crippen LogP contribution in [0.4, 0.5) is 22.0 Å². The topological polar surface area (TPSA) is 118 Å². The molecule has 1 aliphatic carbocycles. The number of halogens is 5. The Balaban J connectivity index is 1.46. The number of nitrogens with zero attached hydrogens (tertiary/aromatic N) is 2. The van der Waals surface area contributed by atoms with E-state index in [1.807, 2.05) is 6.07 Å². The van der Waals surface area contributed by atoms with Crippen molar-refractivity contribution in [1.29, 1.82) is 5.26 Å². The van der Waals surface area contributed by atoms with Crippen molar-refractivity contribution in [3.63, 3.8) is 0 Å². The van der Waals surface area contributed by atoms with Crippen molar-refractivity contribution in [2.45, 2.75) is 62.6 Å². The molecule has 2 bridgehead atoms. The van der Waals surface area contributed by atoms with Gasteiger partial charge in [0.2, 0.25) is 11.8 Å². The number of aromatic amines is 1. The molecule has 8 nitrogen and oxygen atoms in total. The molecular weight excluding hydrogens is 513 g/mol. The molecule has 3 saturated heterocycles. The molecule has 0 unspecified atom stereocenters. The van der Waals surface area contributed by atoms with Crippen LogP contribution in [0, 0.1) is 29.0 Å². The second kappa shape index (κ2) is 9.56. The molecule has 6 rings (SSSR count). The summed E-state index contributed by atoms with van der Waals surface area (Å²) in [6.07, 6.45) is -3.07. The van der Waals surface area contributed by atoms with Crippen molar-refractivity contribution in [2.75, 3.05) is 6.54 Å². The number of piperidine rings is 2. The predicted molar refractivity (Wildman–Crippen MR) is 123 cm³/mol. The first-order chi connectivity index (χ1) is 18.0. The SMILES string of the molecule is N#C[C@H](C[C@H]1CCNC1=O)NC(=O)[C@H]1[C@@H]2CC[C@@H](CC2(F)F)N1C(=O)c1cc2c(C(F)F)cc(F)cc2[nH]1. The number of carbonyl (C=O) groups excluding carboxylic acids is 3. The fourth-order valence-electron chi connectivity index (χ4n) is 6.02. The molecule has 3 amide bonds. The van der Waals surface area contributed by atoms with Crippen molar-refractivity contribution < 1.29 is 36.3 Å². The zero-order chi connectivity index (χ0) is 27.4. The van der Waals surface area contributed by atoms with Gasteiger partial charge in [-0.3, -0.25) is 14.4 Å². The Labute approximate surface area is 213 Å². The van der Waals surface area contributed by atoms with Gasteiger partial charge in [-0.25, -0.2) is 22.0 Å². The minimum atomic E-state index is -3.25. The number of nitriles is 1. The number of fused-ring (bicyclic) bond motifs is 4. The number of amides is 3. The number of aromatic nitrogens is 1. The molecule has 3 N–H and O–H groups in total. The van der Waals surface area contributed by atoms with Gasteiger partial charge in [-0.15, -0.1) is 0 Å². The van der Waals surface area contributed by atoms with Gasteiger partial charge >= 0.3 is 0 Å². The van der Waals surface area contributed by atoms with Crippen LogP contribution in [0.25, 0.3) is 10.9 Å². The number of hydrogen-bond donors (Lipinski definition) is 3. The first-order valence-electron chi connectivity index (χ1n) is 12.3. The van der Waals surface area contributed by atoms with Crippen molar-refractivity contribution in [2.24, 2.45) is 11.8 Å². The molecule has 4 fully saturated rings. The molecule has 2 aromatic rings.